The summed E-state index contributed by atoms with van der Waals surface area (Å²) < 4.78 is 6.14. The lowest BCUT2D eigenvalue weighted by molar-refractivity contribution is -0.0366. The minimum atomic E-state index is 0.185. The van der Waals surface area contributed by atoms with Crippen LogP contribution in [0.15, 0.2) is 0 Å². The Morgan fingerprint density at radius 2 is 0.750 bits per heavy atom. The van der Waals surface area contributed by atoms with Gasteiger partial charge in [-0.05, 0) is 19.3 Å². The Balaban J connectivity index is 4.15. The third-order valence-electron chi connectivity index (χ3n) is 5.64. The first-order valence-corrected chi connectivity index (χ1v) is 11.3. The number of methoxy groups -OCH3 is 1. The van der Waals surface area contributed by atoms with E-state index in [0.29, 0.717) is 0 Å². The van der Waals surface area contributed by atoms with E-state index in [2.05, 4.69) is 20.8 Å². The van der Waals surface area contributed by atoms with Crippen molar-refractivity contribution in [1.29, 1.82) is 0 Å². The van der Waals surface area contributed by atoms with Crippen molar-refractivity contribution in [2.45, 2.75) is 142 Å². The predicted octanol–water partition coefficient (Wildman–Crippen LogP) is 8.45. The molecule has 0 bridgehead atoms. The Bertz CT molecular complexity index is 224. The van der Waals surface area contributed by atoms with Gasteiger partial charge in [-0.25, -0.2) is 0 Å². The molecule has 0 saturated carbocycles. The van der Waals surface area contributed by atoms with E-state index < -0.39 is 0 Å². The average molecular weight is 341 g/mol. The van der Waals surface area contributed by atoms with Gasteiger partial charge in [0.05, 0.1) is 5.60 Å². The summed E-state index contributed by atoms with van der Waals surface area (Å²) in [4.78, 5) is 0. The van der Waals surface area contributed by atoms with Crippen LogP contribution in [0.1, 0.15) is 136 Å². The third-order valence-corrected chi connectivity index (χ3v) is 5.64. The SMILES string of the molecule is CCCCCCCCCC(CCCCCC)(CCCCCC)OC. The summed E-state index contributed by atoms with van der Waals surface area (Å²) in [6.45, 7) is 6.89. The molecule has 0 aromatic carbocycles. The summed E-state index contributed by atoms with van der Waals surface area (Å²) in [5, 5.41) is 0. The van der Waals surface area contributed by atoms with Crippen LogP contribution < -0.4 is 0 Å². The second-order valence-corrected chi connectivity index (χ2v) is 7.88. The Morgan fingerprint density at radius 3 is 1.08 bits per heavy atom. The number of hydrogen-bond acceptors (Lipinski definition) is 1. The van der Waals surface area contributed by atoms with Crippen molar-refractivity contribution >= 4 is 0 Å². The minimum Gasteiger partial charge on any atom is -0.378 e. The molecule has 0 fully saturated rings. The van der Waals surface area contributed by atoms with Crippen molar-refractivity contribution < 1.29 is 4.74 Å². The Labute approximate surface area is 154 Å². The molecule has 0 aliphatic rings. The van der Waals surface area contributed by atoms with Crippen LogP contribution >= 0.6 is 0 Å². The quantitative estimate of drug-likeness (QED) is 0.214. The zero-order valence-corrected chi connectivity index (χ0v) is 17.6. The fraction of sp³-hybridized carbons (Fsp3) is 1.00. The molecule has 0 aliphatic heterocycles. The second-order valence-electron chi connectivity index (χ2n) is 7.88. The van der Waals surface area contributed by atoms with E-state index in [1.807, 2.05) is 7.11 Å². The molecule has 1 nitrogen and oxygen atoms in total. The molecule has 0 N–H and O–H groups in total. The van der Waals surface area contributed by atoms with Gasteiger partial charge in [-0.3, -0.25) is 0 Å². The van der Waals surface area contributed by atoms with Gasteiger partial charge < -0.3 is 4.74 Å². The molecular weight excluding hydrogens is 292 g/mol. The maximum Gasteiger partial charge on any atom is 0.0678 e. The van der Waals surface area contributed by atoms with Crippen molar-refractivity contribution in [3.63, 3.8) is 0 Å². The van der Waals surface area contributed by atoms with Crippen molar-refractivity contribution in [3.8, 4) is 0 Å². The summed E-state index contributed by atoms with van der Waals surface area (Å²) in [5.74, 6) is 0. The largest absolute Gasteiger partial charge is 0.378 e. The first kappa shape index (κ1) is 24.0. The van der Waals surface area contributed by atoms with Gasteiger partial charge in [-0.15, -0.1) is 0 Å². The van der Waals surface area contributed by atoms with Gasteiger partial charge >= 0.3 is 0 Å². The highest BCUT2D eigenvalue weighted by molar-refractivity contribution is 4.80. The summed E-state index contributed by atoms with van der Waals surface area (Å²) in [5.41, 5.74) is 0.185. The molecule has 0 rings (SSSR count). The molecule has 0 aliphatic carbocycles. The van der Waals surface area contributed by atoms with Crippen LogP contribution in [0.3, 0.4) is 0 Å². The predicted molar refractivity (Wildman–Crippen MR) is 110 cm³/mol. The average Bonchev–Trinajstić information content (AvgIpc) is 2.61. The summed E-state index contributed by atoms with van der Waals surface area (Å²) in [7, 11) is 1.97. The van der Waals surface area contributed by atoms with Crippen molar-refractivity contribution in [3.05, 3.63) is 0 Å². The van der Waals surface area contributed by atoms with E-state index >= 15 is 0 Å². The maximum absolute atomic E-state index is 6.14. The molecule has 146 valence electrons. The van der Waals surface area contributed by atoms with Gasteiger partial charge in [-0.1, -0.05) is 117 Å². The van der Waals surface area contributed by atoms with Crippen LogP contribution in [0.4, 0.5) is 0 Å². The van der Waals surface area contributed by atoms with Crippen LogP contribution in [0.5, 0.6) is 0 Å². The van der Waals surface area contributed by atoms with Gasteiger partial charge in [0.25, 0.3) is 0 Å². The van der Waals surface area contributed by atoms with Gasteiger partial charge in [-0.2, -0.15) is 0 Å². The van der Waals surface area contributed by atoms with Crippen LogP contribution in [-0.2, 0) is 4.74 Å². The summed E-state index contributed by atoms with van der Waals surface area (Å²) in [6, 6.07) is 0. The highest BCUT2D eigenvalue weighted by atomic mass is 16.5. The fourth-order valence-electron chi connectivity index (χ4n) is 3.83. The molecule has 0 heterocycles. The second kappa shape index (κ2) is 17.8. The number of unbranched alkanes of at least 4 members (excludes halogenated alkanes) is 12. The number of ether oxygens (including phenoxy) is 1. The van der Waals surface area contributed by atoms with Gasteiger partial charge in [0.15, 0.2) is 0 Å². The Morgan fingerprint density at radius 1 is 0.458 bits per heavy atom. The summed E-state index contributed by atoms with van der Waals surface area (Å²) in [6.07, 6.45) is 24.6. The van der Waals surface area contributed by atoms with E-state index in [1.165, 1.54) is 116 Å². The molecule has 0 saturated heterocycles. The number of rotatable bonds is 19. The molecule has 0 aromatic heterocycles. The van der Waals surface area contributed by atoms with Crippen molar-refractivity contribution in [2.24, 2.45) is 0 Å². The molecule has 0 radical (unpaired) electrons. The first-order chi connectivity index (χ1) is 11.7. The third kappa shape index (κ3) is 13.3. The highest BCUT2D eigenvalue weighted by Crippen LogP contribution is 2.32. The zero-order valence-electron chi connectivity index (χ0n) is 17.6. The lowest BCUT2D eigenvalue weighted by Crippen LogP contribution is -2.31. The van der Waals surface area contributed by atoms with Crippen LogP contribution in [0.25, 0.3) is 0 Å². The van der Waals surface area contributed by atoms with E-state index in [0.717, 1.165) is 0 Å². The molecule has 0 aromatic rings. The van der Waals surface area contributed by atoms with E-state index in [9.17, 15) is 0 Å². The fourth-order valence-corrected chi connectivity index (χ4v) is 3.83. The molecular formula is C23H48O. The topological polar surface area (TPSA) is 9.23 Å². The molecule has 0 unspecified atom stereocenters. The molecule has 0 spiro atoms. The van der Waals surface area contributed by atoms with Crippen LogP contribution in [-0.4, -0.2) is 12.7 Å². The van der Waals surface area contributed by atoms with E-state index in [-0.39, 0.29) is 5.60 Å². The molecule has 1 heteroatoms. The minimum absolute atomic E-state index is 0.185. The lowest BCUT2D eigenvalue weighted by Gasteiger charge is -2.33. The van der Waals surface area contributed by atoms with Crippen molar-refractivity contribution in [2.75, 3.05) is 7.11 Å². The molecule has 0 amide bonds. The monoisotopic (exact) mass is 340 g/mol. The summed E-state index contributed by atoms with van der Waals surface area (Å²) >= 11 is 0. The van der Waals surface area contributed by atoms with Gasteiger partial charge in [0.2, 0.25) is 0 Å². The number of hydrogen-bond donors (Lipinski definition) is 0. The van der Waals surface area contributed by atoms with E-state index in [1.54, 1.807) is 0 Å². The Kier molecular flexibility index (Phi) is 17.7. The van der Waals surface area contributed by atoms with Crippen molar-refractivity contribution in [1.82, 2.24) is 0 Å². The standard InChI is InChI=1S/C23H48O/c1-5-8-11-14-15-16-19-22-23(24-4,20-17-12-9-6-2)21-18-13-10-7-3/h5-22H2,1-4H3. The Hall–Kier alpha value is -0.0400. The highest BCUT2D eigenvalue weighted by Gasteiger charge is 2.28. The zero-order chi connectivity index (χ0) is 17.9. The molecule has 24 heavy (non-hydrogen) atoms. The lowest BCUT2D eigenvalue weighted by atomic mass is 9.84. The van der Waals surface area contributed by atoms with Gasteiger partial charge in [0.1, 0.15) is 0 Å². The smallest absolute Gasteiger partial charge is 0.0678 e. The van der Waals surface area contributed by atoms with Crippen LogP contribution in [0.2, 0.25) is 0 Å². The molecule has 0 atom stereocenters. The maximum atomic E-state index is 6.14. The first-order valence-electron chi connectivity index (χ1n) is 11.3. The van der Waals surface area contributed by atoms with E-state index in [4.69, 9.17) is 4.74 Å². The normalized spacial score (nSPS) is 12.0. The van der Waals surface area contributed by atoms with Crippen LogP contribution in [0, 0.1) is 0 Å². The van der Waals surface area contributed by atoms with Gasteiger partial charge in [0, 0.05) is 7.11 Å².